The zero-order valence-corrected chi connectivity index (χ0v) is 6.66. The number of aromatic nitrogens is 3. The molecule has 0 fully saturated rings. The molecule has 2 N–H and O–H groups in total. The summed E-state index contributed by atoms with van der Waals surface area (Å²) < 4.78 is 5.45. The maximum atomic E-state index is 4.99. The summed E-state index contributed by atoms with van der Waals surface area (Å²) in [4.78, 5) is 3.96. The van der Waals surface area contributed by atoms with Crippen molar-refractivity contribution in [1.82, 2.24) is 15.2 Å². The molecule has 1 rings (SSSR count). The van der Waals surface area contributed by atoms with Crippen LogP contribution in [0.5, 0.6) is 0 Å². The van der Waals surface area contributed by atoms with Gasteiger partial charge < -0.3 is 4.74 Å². The molecule has 0 aromatic carbocycles. The number of aromatic amines is 2. The molecule has 4 nitrogen and oxygen atoms in total. The minimum Gasteiger partial charge on any atom is -0.374 e. The van der Waals surface area contributed by atoms with Crippen molar-refractivity contribution in [3.8, 4) is 0 Å². The van der Waals surface area contributed by atoms with Gasteiger partial charge in [-0.05, 0) is 19.1 Å². The first-order valence-corrected chi connectivity index (χ1v) is 3.32. The molecule has 0 saturated carbocycles. The third-order valence-corrected chi connectivity index (χ3v) is 1.45. The summed E-state index contributed by atoms with van der Waals surface area (Å²) in [5, 5.41) is 5.47. The Morgan fingerprint density at radius 3 is 2.70 bits per heavy atom. The van der Waals surface area contributed by atoms with Gasteiger partial charge >= 0.3 is 0 Å². The SMILES string of the molecule is COC(C)c1nc(=S)[nH][nH]1. The fourth-order valence-corrected chi connectivity index (χ4v) is 0.736. The van der Waals surface area contributed by atoms with Crippen LogP contribution in [-0.4, -0.2) is 22.3 Å². The lowest BCUT2D eigenvalue weighted by atomic mass is 10.4. The van der Waals surface area contributed by atoms with Gasteiger partial charge in [-0.15, -0.1) is 0 Å². The fraction of sp³-hybridized carbons (Fsp3) is 0.600. The average molecular weight is 159 g/mol. The van der Waals surface area contributed by atoms with E-state index in [0.29, 0.717) is 4.77 Å². The minimum absolute atomic E-state index is 0.0343. The number of hydrogen-bond donors (Lipinski definition) is 2. The highest BCUT2D eigenvalue weighted by atomic mass is 32.1. The average Bonchev–Trinajstić information content (AvgIpc) is 2.34. The van der Waals surface area contributed by atoms with Gasteiger partial charge in [0.15, 0.2) is 5.82 Å². The Labute approximate surface area is 63.6 Å². The molecule has 1 aromatic heterocycles. The van der Waals surface area contributed by atoms with E-state index in [2.05, 4.69) is 15.2 Å². The summed E-state index contributed by atoms with van der Waals surface area (Å²) in [6.45, 7) is 1.89. The molecule has 0 aliphatic carbocycles. The van der Waals surface area contributed by atoms with Crippen molar-refractivity contribution in [3.05, 3.63) is 10.6 Å². The first-order chi connectivity index (χ1) is 4.74. The van der Waals surface area contributed by atoms with E-state index in [4.69, 9.17) is 17.0 Å². The summed E-state index contributed by atoms with van der Waals surface area (Å²) in [6, 6.07) is 0. The van der Waals surface area contributed by atoms with Gasteiger partial charge in [0.05, 0.1) is 0 Å². The molecule has 0 spiro atoms. The van der Waals surface area contributed by atoms with E-state index in [1.54, 1.807) is 7.11 Å². The first-order valence-electron chi connectivity index (χ1n) is 2.91. The summed E-state index contributed by atoms with van der Waals surface area (Å²) in [7, 11) is 1.62. The number of nitrogens with one attached hydrogen (secondary N) is 2. The summed E-state index contributed by atoms with van der Waals surface area (Å²) in [5.74, 6) is 0.729. The summed E-state index contributed by atoms with van der Waals surface area (Å²) >= 11 is 4.75. The van der Waals surface area contributed by atoms with Crippen molar-refractivity contribution in [2.45, 2.75) is 13.0 Å². The van der Waals surface area contributed by atoms with E-state index in [9.17, 15) is 0 Å². The van der Waals surface area contributed by atoms with Crippen molar-refractivity contribution < 1.29 is 4.74 Å². The van der Waals surface area contributed by atoms with Crippen molar-refractivity contribution in [1.29, 1.82) is 0 Å². The van der Waals surface area contributed by atoms with Crippen molar-refractivity contribution in [2.75, 3.05) is 7.11 Å². The smallest absolute Gasteiger partial charge is 0.213 e. The number of rotatable bonds is 2. The molecular weight excluding hydrogens is 150 g/mol. The quantitative estimate of drug-likeness (QED) is 0.637. The lowest BCUT2D eigenvalue weighted by molar-refractivity contribution is 0.112. The molecule has 0 aliphatic rings. The highest BCUT2D eigenvalue weighted by molar-refractivity contribution is 7.71. The minimum atomic E-state index is -0.0343. The van der Waals surface area contributed by atoms with Crippen LogP contribution in [0.2, 0.25) is 0 Å². The Bertz CT molecular complexity index is 253. The monoisotopic (exact) mass is 159 g/mol. The second-order valence-electron chi connectivity index (χ2n) is 1.93. The van der Waals surface area contributed by atoms with E-state index in [1.807, 2.05) is 6.92 Å². The van der Waals surface area contributed by atoms with Gasteiger partial charge in [0.25, 0.3) is 0 Å². The Morgan fingerprint density at radius 1 is 1.60 bits per heavy atom. The largest absolute Gasteiger partial charge is 0.374 e. The van der Waals surface area contributed by atoms with Crippen LogP contribution in [0.25, 0.3) is 0 Å². The first kappa shape index (κ1) is 7.43. The van der Waals surface area contributed by atoms with Crippen LogP contribution < -0.4 is 0 Å². The number of methoxy groups -OCH3 is 1. The molecule has 0 amide bonds. The second-order valence-corrected chi connectivity index (χ2v) is 2.32. The van der Waals surface area contributed by atoms with Crippen LogP contribution in [-0.2, 0) is 4.74 Å². The molecule has 1 unspecified atom stereocenters. The van der Waals surface area contributed by atoms with Crippen molar-refractivity contribution in [3.63, 3.8) is 0 Å². The molecular formula is C5H9N3OS. The normalized spacial score (nSPS) is 13.4. The van der Waals surface area contributed by atoms with Crippen LogP contribution in [0.15, 0.2) is 0 Å². The molecule has 5 heteroatoms. The Kier molecular flexibility index (Phi) is 2.18. The molecule has 0 aliphatic heterocycles. The maximum absolute atomic E-state index is 4.99. The Hall–Kier alpha value is -0.680. The van der Waals surface area contributed by atoms with Gasteiger partial charge in [-0.1, -0.05) is 0 Å². The van der Waals surface area contributed by atoms with Crippen molar-refractivity contribution >= 4 is 12.2 Å². The zero-order valence-electron chi connectivity index (χ0n) is 5.84. The Balaban J connectivity index is 2.84. The van der Waals surface area contributed by atoms with Gasteiger partial charge in [-0.3, -0.25) is 10.2 Å². The number of hydrogen-bond acceptors (Lipinski definition) is 3. The highest BCUT2D eigenvalue weighted by Gasteiger charge is 2.04. The topological polar surface area (TPSA) is 53.7 Å². The van der Waals surface area contributed by atoms with Gasteiger partial charge in [0.1, 0.15) is 6.10 Å². The number of ether oxygens (including phenoxy) is 1. The van der Waals surface area contributed by atoms with E-state index in [0.717, 1.165) is 5.82 Å². The van der Waals surface area contributed by atoms with Gasteiger partial charge in [0.2, 0.25) is 4.77 Å². The second kappa shape index (κ2) is 2.94. The fourth-order valence-electron chi connectivity index (χ4n) is 0.587. The zero-order chi connectivity index (χ0) is 7.56. The van der Waals surface area contributed by atoms with Gasteiger partial charge in [-0.2, -0.15) is 0 Å². The molecule has 10 heavy (non-hydrogen) atoms. The number of nitrogens with zero attached hydrogens (tertiary/aromatic N) is 1. The molecule has 0 saturated heterocycles. The molecule has 0 radical (unpaired) electrons. The van der Waals surface area contributed by atoms with E-state index >= 15 is 0 Å². The van der Waals surface area contributed by atoms with Crippen LogP contribution in [0.1, 0.15) is 18.9 Å². The predicted octanol–water partition coefficient (Wildman–Crippen LogP) is 1.17. The van der Waals surface area contributed by atoms with Crippen LogP contribution in [0.4, 0.5) is 0 Å². The van der Waals surface area contributed by atoms with Crippen LogP contribution >= 0.6 is 12.2 Å². The lowest BCUT2D eigenvalue weighted by Crippen LogP contribution is -1.97. The van der Waals surface area contributed by atoms with E-state index in [-0.39, 0.29) is 6.10 Å². The number of H-pyrrole nitrogens is 2. The summed E-state index contributed by atoms with van der Waals surface area (Å²) in [5.41, 5.74) is 0. The maximum Gasteiger partial charge on any atom is 0.213 e. The van der Waals surface area contributed by atoms with Gasteiger partial charge in [-0.25, -0.2) is 4.98 Å². The van der Waals surface area contributed by atoms with Crippen LogP contribution in [0.3, 0.4) is 0 Å². The van der Waals surface area contributed by atoms with E-state index in [1.165, 1.54) is 0 Å². The standard InChI is InChI=1S/C5H9N3OS/c1-3(9-2)4-6-5(10)8-7-4/h3H,1-2H3,(H2,6,7,8,10). The molecule has 0 bridgehead atoms. The third-order valence-electron chi connectivity index (χ3n) is 1.26. The predicted molar refractivity (Wildman–Crippen MR) is 39.2 cm³/mol. The van der Waals surface area contributed by atoms with Gasteiger partial charge in [0, 0.05) is 7.11 Å². The molecule has 1 aromatic rings. The van der Waals surface area contributed by atoms with E-state index < -0.39 is 0 Å². The van der Waals surface area contributed by atoms with Crippen LogP contribution in [0, 0.1) is 4.77 Å². The van der Waals surface area contributed by atoms with Crippen molar-refractivity contribution in [2.24, 2.45) is 0 Å². The molecule has 1 heterocycles. The molecule has 1 atom stereocenters. The molecule has 56 valence electrons. The third kappa shape index (κ3) is 1.43. The lowest BCUT2D eigenvalue weighted by Gasteiger charge is -2.02. The summed E-state index contributed by atoms with van der Waals surface area (Å²) in [6.07, 6.45) is -0.0343. The highest BCUT2D eigenvalue weighted by Crippen LogP contribution is 2.07. The Morgan fingerprint density at radius 2 is 2.30 bits per heavy atom.